The van der Waals surface area contributed by atoms with Gasteiger partial charge in [0.1, 0.15) is 5.82 Å². The number of aliphatic imine (C=N–C) groups is 1. The van der Waals surface area contributed by atoms with Gasteiger partial charge in [0.25, 0.3) is 0 Å². The van der Waals surface area contributed by atoms with Gasteiger partial charge in [-0.1, -0.05) is 32.8 Å². The Labute approximate surface area is 153 Å². The number of anilines is 1. The van der Waals surface area contributed by atoms with E-state index in [2.05, 4.69) is 58.4 Å². The molecular weight excluding hydrogens is 310 g/mol. The quantitative estimate of drug-likeness (QED) is 0.559. The van der Waals surface area contributed by atoms with Crippen LogP contribution in [-0.4, -0.2) is 37.1 Å². The van der Waals surface area contributed by atoms with Crippen LogP contribution in [0.1, 0.15) is 58.4 Å². The zero-order chi connectivity index (χ0) is 18.1. The molecule has 1 saturated heterocycles. The lowest BCUT2D eigenvalue weighted by molar-refractivity contribution is 0.491. The van der Waals surface area contributed by atoms with E-state index in [1.54, 1.807) is 0 Å². The first-order valence-corrected chi connectivity index (χ1v) is 9.75. The average Bonchev–Trinajstić information content (AvgIpc) is 3.13. The molecule has 2 heterocycles. The van der Waals surface area contributed by atoms with Crippen molar-refractivity contribution in [1.82, 2.24) is 15.6 Å². The number of aromatic nitrogens is 1. The van der Waals surface area contributed by atoms with Gasteiger partial charge in [-0.3, -0.25) is 4.99 Å². The SMILES string of the molecule is CN=C(NCc1ccc(N2CCCC2)nc1)NC(C)CCCC(C)C. The second kappa shape index (κ2) is 10.3. The summed E-state index contributed by atoms with van der Waals surface area (Å²) in [4.78, 5) is 11.3. The summed E-state index contributed by atoms with van der Waals surface area (Å²) < 4.78 is 0. The number of nitrogens with zero attached hydrogens (tertiary/aromatic N) is 3. The van der Waals surface area contributed by atoms with Gasteiger partial charge in [-0.2, -0.15) is 0 Å². The van der Waals surface area contributed by atoms with Gasteiger partial charge in [0.05, 0.1) is 0 Å². The molecule has 0 saturated carbocycles. The van der Waals surface area contributed by atoms with Crippen molar-refractivity contribution < 1.29 is 0 Å². The number of hydrogen-bond acceptors (Lipinski definition) is 3. The molecule has 5 heteroatoms. The van der Waals surface area contributed by atoms with Crippen LogP contribution in [0.25, 0.3) is 0 Å². The predicted octanol–water partition coefficient (Wildman–Crippen LogP) is 3.56. The summed E-state index contributed by atoms with van der Waals surface area (Å²) in [6.45, 7) is 9.79. The Bertz CT molecular complexity index is 517. The van der Waals surface area contributed by atoms with Crippen molar-refractivity contribution >= 4 is 11.8 Å². The third-order valence-corrected chi connectivity index (χ3v) is 4.72. The number of guanidine groups is 1. The van der Waals surface area contributed by atoms with Crippen molar-refractivity contribution in [3.8, 4) is 0 Å². The van der Waals surface area contributed by atoms with Crippen LogP contribution >= 0.6 is 0 Å². The van der Waals surface area contributed by atoms with Gasteiger partial charge >= 0.3 is 0 Å². The first-order chi connectivity index (χ1) is 12.1. The highest BCUT2D eigenvalue weighted by Gasteiger charge is 2.13. The predicted molar refractivity (Wildman–Crippen MR) is 107 cm³/mol. The summed E-state index contributed by atoms with van der Waals surface area (Å²) in [6.07, 6.45) is 8.24. The molecule has 1 aromatic heterocycles. The summed E-state index contributed by atoms with van der Waals surface area (Å²) in [6, 6.07) is 4.72. The van der Waals surface area contributed by atoms with E-state index in [1.165, 1.54) is 37.7 Å². The molecule has 25 heavy (non-hydrogen) atoms. The standard InChI is InChI=1S/C20H35N5/c1-16(2)8-7-9-17(3)24-20(21-4)23-15-18-10-11-19(22-14-18)25-12-5-6-13-25/h10-11,14,16-17H,5-9,12-13,15H2,1-4H3,(H2,21,23,24). The Kier molecular flexibility index (Phi) is 8.02. The fourth-order valence-corrected chi connectivity index (χ4v) is 3.17. The first kappa shape index (κ1) is 19.5. The zero-order valence-corrected chi connectivity index (χ0v) is 16.4. The van der Waals surface area contributed by atoms with Gasteiger partial charge < -0.3 is 15.5 Å². The highest BCUT2D eigenvalue weighted by atomic mass is 15.2. The van der Waals surface area contributed by atoms with Crippen LogP contribution in [-0.2, 0) is 6.54 Å². The van der Waals surface area contributed by atoms with Gasteiger partial charge in [0.2, 0.25) is 0 Å². The van der Waals surface area contributed by atoms with Crippen LogP contribution in [0.5, 0.6) is 0 Å². The minimum atomic E-state index is 0.431. The van der Waals surface area contributed by atoms with E-state index >= 15 is 0 Å². The van der Waals surface area contributed by atoms with Crippen molar-refractivity contribution in [2.45, 2.75) is 65.5 Å². The van der Waals surface area contributed by atoms with Crippen molar-refractivity contribution in [2.24, 2.45) is 10.9 Å². The molecule has 140 valence electrons. The molecule has 1 aromatic rings. The fourth-order valence-electron chi connectivity index (χ4n) is 3.17. The molecule has 2 N–H and O–H groups in total. The summed E-state index contributed by atoms with van der Waals surface area (Å²) in [7, 11) is 1.82. The number of rotatable bonds is 8. The summed E-state index contributed by atoms with van der Waals surface area (Å²) in [5.41, 5.74) is 1.18. The molecule has 1 atom stereocenters. The van der Waals surface area contributed by atoms with Crippen molar-refractivity contribution in [3.63, 3.8) is 0 Å². The van der Waals surface area contributed by atoms with E-state index in [1.807, 2.05) is 13.2 Å². The van der Waals surface area contributed by atoms with Gasteiger partial charge in [-0.25, -0.2) is 4.98 Å². The Morgan fingerprint density at radius 3 is 2.56 bits per heavy atom. The maximum absolute atomic E-state index is 4.61. The van der Waals surface area contributed by atoms with Crippen LogP contribution < -0.4 is 15.5 Å². The topological polar surface area (TPSA) is 52.6 Å². The lowest BCUT2D eigenvalue weighted by atomic mass is 10.0. The number of pyridine rings is 1. The lowest BCUT2D eigenvalue weighted by Gasteiger charge is -2.19. The third-order valence-electron chi connectivity index (χ3n) is 4.72. The van der Waals surface area contributed by atoms with E-state index in [9.17, 15) is 0 Å². The molecular formula is C20H35N5. The monoisotopic (exact) mass is 345 g/mol. The Balaban J connectivity index is 1.74. The minimum absolute atomic E-state index is 0.431. The van der Waals surface area contributed by atoms with Crippen molar-refractivity contribution in [2.75, 3.05) is 25.0 Å². The van der Waals surface area contributed by atoms with E-state index in [0.717, 1.165) is 37.3 Å². The van der Waals surface area contributed by atoms with Gasteiger partial charge in [0, 0.05) is 38.9 Å². The fraction of sp³-hybridized carbons (Fsp3) is 0.700. The molecule has 0 bridgehead atoms. The molecule has 2 rings (SSSR count). The molecule has 1 aliphatic heterocycles. The minimum Gasteiger partial charge on any atom is -0.357 e. The molecule has 0 aliphatic carbocycles. The van der Waals surface area contributed by atoms with Crippen molar-refractivity contribution in [3.05, 3.63) is 23.9 Å². The molecule has 1 fully saturated rings. The Morgan fingerprint density at radius 1 is 1.20 bits per heavy atom. The normalized spacial score (nSPS) is 16.4. The van der Waals surface area contributed by atoms with Gasteiger partial charge in [0.15, 0.2) is 5.96 Å². The average molecular weight is 346 g/mol. The van der Waals surface area contributed by atoms with Gasteiger partial charge in [-0.15, -0.1) is 0 Å². The highest BCUT2D eigenvalue weighted by Crippen LogP contribution is 2.17. The van der Waals surface area contributed by atoms with E-state index in [0.29, 0.717) is 6.04 Å². The second-order valence-corrected chi connectivity index (χ2v) is 7.51. The molecule has 0 aromatic carbocycles. The van der Waals surface area contributed by atoms with Crippen LogP contribution in [0.3, 0.4) is 0 Å². The van der Waals surface area contributed by atoms with Crippen LogP contribution in [0, 0.1) is 5.92 Å². The maximum atomic E-state index is 4.61. The Morgan fingerprint density at radius 2 is 1.96 bits per heavy atom. The maximum Gasteiger partial charge on any atom is 0.191 e. The van der Waals surface area contributed by atoms with Crippen LogP contribution in [0.2, 0.25) is 0 Å². The Hall–Kier alpha value is -1.78. The summed E-state index contributed by atoms with van der Waals surface area (Å²) in [5.74, 6) is 2.74. The molecule has 0 spiro atoms. The number of hydrogen-bond donors (Lipinski definition) is 2. The third kappa shape index (κ3) is 6.92. The summed E-state index contributed by atoms with van der Waals surface area (Å²) >= 11 is 0. The zero-order valence-electron chi connectivity index (χ0n) is 16.4. The second-order valence-electron chi connectivity index (χ2n) is 7.51. The molecule has 5 nitrogen and oxygen atoms in total. The largest absolute Gasteiger partial charge is 0.357 e. The lowest BCUT2D eigenvalue weighted by Crippen LogP contribution is -2.41. The smallest absolute Gasteiger partial charge is 0.191 e. The number of nitrogens with one attached hydrogen (secondary N) is 2. The van der Waals surface area contributed by atoms with Gasteiger partial charge in [-0.05, 0) is 43.7 Å². The molecule has 0 amide bonds. The van der Waals surface area contributed by atoms with E-state index < -0.39 is 0 Å². The molecule has 1 aliphatic rings. The van der Waals surface area contributed by atoms with Crippen molar-refractivity contribution in [1.29, 1.82) is 0 Å². The molecule has 1 unspecified atom stereocenters. The van der Waals surface area contributed by atoms with Crippen LogP contribution in [0.15, 0.2) is 23.3 Å². The highest BCUT2D eigenvalue weighted by molar-refractivity contribution is 5.79. The first-order valence-electron chi connectivity index (χ1n) is 9.75. The van der Waals surface area contributed by atoms with E-state index in [-0.39, 0.29) is 0 Å². The van der Waals surface area contributed by atoms with E-state index in [4.69, 9.17) is 0 Å². The molecule has 0 radical (unpaired) electrons. The van der Waals surface area contributed by atoms with Crippen LogP contribution in [0.4, 0.5) is 5.82 Å². The summed E-state index contributed by atoms with van der Waals surface area (Å²) in [5, 5.41) is 6.87.